The number of rotatable bonds is 3. The molecule has 5 heteroatoms. The average Bonchev–Trinajstić information content (AvgIpc) is 2.46. The Bertz CT molecular complexity index is 614. The summed E-state index contributed by atoms with van der Waals surface area (Å²) in [7, 11) is 0. The molecule has 24 heavy (non-hydrogen) atoms. The van der Waals surface area contributed by atoms with Crippen molar-refractivity contribution in [2.75, 3.05) is 13.1 Å². The maximum atomic E-state index is 15.4. The first kappa shape index (κ1) is 18.4. The zero-order valence-electron chi connectivity index (χ0n) is 15.1. The lowest BCUT2D eigenvalue weighted by atomic mass is 9.87. The summed E-state index contributed by atoms with van der Waals surface area (Å²) in [6.45, 7) is 11.7. The molecule has 0 unspecified atom stereocenters. The number of alkyl halides is 1. The van der Waals surface area contributed by atoms with Crippen LogP contribution in [0.25, 0.3) is 0 Å². The lowest BCUT2D eigenvalue weighted by Gasteiger charge is -2.37. The molecule has 1 aromatic rings. The molecule has 0 radical (unpaired) electrons. The maximum Gasteiger partial charge on any atom is 0.410 e. The van der Waals surface area contributed by atoms with Crippen LogP contribution in [0.2, 0.25) is 0 Å². The molecular weight excluding hydrogens is 307 g/mol. The van der Waals surface area contributed by atoms with Crippen molar-refractivity contribution in [2.45, 2.75) is 58.2 Å². The van der Waals surface area contributed by atoms with Crippen molar-refractivity contribution in [2.24, 2.45) is 0 Å². The lowest BCUT2D eigenvalue weighted by Crippen LogP contribution is -2.45. The molecule has 1 saturated heterocycles. The van der Waals surface area contributed by atoms with E-state index < -0.39 is 11.3 Å². The molecular formula is C19H27FN2O2. The van der Waals surface area contributed by atoms with Crippen LogP contribution in [0.1, 0.15) is 50.4 Å². The lowest BCUT2D eigenvalue weighted by molar-refractivity contribution is 0.00113. The molecule has 1 aromatic heterocycles. The molecule has 4 nitrogen and oxygen atoms in total. The van der Waals surface area contributed by atoms with Crippen LogP contribution in [-0.4, -0.2) is 34.7 Å². The Labute approximate surface area is 143 Å². The van der Waals surface area contributed by atoms with Crippen molar-refractivity contribution < 1.29 is 13.9 Å². The second kappa shape index (κ2) is 6.91. The quantitative estimate of drug-likeness (QED) is 0.773. The van der Waals surface area contributed by atoms with Gasteiger partial charge in [0.2, 0.25) is 0 Å². The van der Waals surface area contributed by atoms with Crippen LogP contribution in [0.4, 0.5) is 9.18 Å². The SMILES string of the molecule is C=CCc1cnc(C2(F)CCN(C(=O)OC(C)(C)C)CC2)c(C)c1. The van der Waals surface area contributed by atoms with Crippen molar-refractivity contribution in [1.82, 2.24) is 9.88 Å². The number of hydrogen-bond acceptors (Lipinski definition) is 3. The number of carbonyl (C=O) groups excluding carboxylic acids is 1. The molecule has 132 valence electrons. The highest BCUT2D eigenvalue weighted by atomic mass is 19.1. The summed E-state index contributed by atoms with van der Waals surface area (Å²) in [6.07, 6.45) is 4.34. The molecule has 0 atom stereocenters. The summed E-state index contributed by atoms with van der Waals surface area (Å²) < 4.78 is 20.8. The van der Waals surface area contributed by atoms with Gasteiger partial charge in [-0.1, -0.05) is 12.1 Å². The van der Waals surface area contributed by atoms with Gasteiger partial charge < -0.3 is 9.64 Å². The largest absolute Gasteiger partial charge is 0.444 e. The number of pyridine rings is 1. The van der Waals surface area contributed by atoms with E-state index in [1.54, 1.807) is 17.2 Å². The molecule has 0 aliphatic carbocycles. The Kier molecular flexibility index (Phi) is 5.31. The van der Waals surface area contributed by atoms with Crippen LogP contribution in [0.15, 0.2) is 24.9 Å². The third-order valence-electron chi connectivity index (χ3n) is 4.15. The van der Waals surface area contributed by atoms with Gasteiger partial charge in [-0.05, 0) is 45.2 Å². The van der Waals surface area contributed by atoms with Gasteiger partial charge in [-0.2, -0.15) is 0 Å². The standard InChI is InChI=1S/C19H27FN2O2/c1-6-7-15-12-14(2)16(21-13-15)19(20)8-10-22(11-9-19)17(23)24-18(3,4)5/h6,12-13H,1,7-11H2,2-5H3. The van der Waals surface area contributed by atoms with Gasteiger partial charge in [-0.15, -0.1) is 6.58 Å². The Hall–Kier alpha value is -1.91. The van der Waals surface area contributed by atoms with E-state index in [0.29, 0.717) is 18.8 Å². The van der Waals surface area contributed by atoms with Crippen LogP contribution in [0.3, 0.4) is 0 Å². The van der Waals surface area contributed by atoms with Crippen molar-refractivity contribution in [3.63, 3.8) is 0 Å². The van der Waals surface area contributed by atoms with Gasteiger partial charge in [0.25, 0.3) is 0 Å². The molecule has 0 saturated carbocycles. The molecule has 2 rings (SSSR count). The minimum absolute atomic E-state index is 0.237. The highest BCUT2D eigenvalue weighted by Gasteiger charge is 2.40. The average molecular weight is 334 g/mol. The second-order valence-corrected chi connectivity index (χ2v) is 7.43. The van der Waals surface area contributed by atoms with Crippen molar-refractivity contribution in [1.29, 1.82) is 0 Å². The molecule has 0 bridgehead atoms. The summed E-state index contributed by atoms with van der Waals surface area (Å²) in [5.74, 6) is 0. The summed E-state index contributed by atoms with van der Waals surface area (Å²) in [5.41, 5.74) is 0.332. The van der Waals surface area contributed by atoms with Gasteiger partial charge in [-0.25, -0.2) is 9.18 Å². The fraction of sp³-hybridized carbons (Fsp3) is 0.579. The normalized spacial score (nSPS) is 17.5. The monoisotopic (exact) mass is 334 g/mol. The number of aromatic nitrogens is 1. The predicted molar refractivity (Wildman–Crippen MR) is 92.7 cm³/mol. The van der Waals surface area contributed by atoms with E-state index in [4.69, 9.17) is 4.74 Å². The van der Waals surface area contributed by atoms with Gasteiger partial charge >= 0.3 is 6.09 Å². The van der Waals surface area contributed by atoms with Gasteiger partial charge in [0.1, 0.15) is 5.60 Å². The summed E-state index contributed by atoms with van der Waals surface area (Å²) in [4.78, 5) is 18.0. The summed E-state index contributed by atoms with van der Waals surface area (Å²) in [5, 5.41) is 0. The number of piperidine rings is 1. The van der Waals surface area contributed by atoms with Gasteiger partial charge in [0.15, 0.2) is 5.67 Å². The number of nitrogens with zero attached hydrogens (tertiary/aromatic N) is 2. The third kappa shape index (κ3) is 4.34. The zero-order chi connectivity index (χ0) is 18.0. The molecule has 1 aliphatic heterocycles. The molecule has 0 spiro atoms. The highest BCUT2D eigenvalue weighted by molar-refractivity contribution is 5.68. The van der Waals surface area contributed by atoms with E-state index in [-0.39, 0.29) is 18.9 Å². The van der Waals surface area contributed by atoms with Gasteiger partial charge in [0, 0.05) is 32.1 Å². The van der Waals surface area contributed by atoms with Crippen molar-refractivity contribution in [3.8, 4) is 0 Å². The first-order chi connectivity index (χ1) is 11.1. The number of allylic oxidation sites excluding steroid dienone is 1. The summed E-state index contributed by atoms with van der Waals surface area (Å²) in [6, 6.07) is 1.96. The van der Waals surface area contributed by atoms with E-state index in [2.05, 4.69) is 11.6 Å². The highest BCUT2D eigenvalue weighted by Crippen LogP contribution is 2.38. The number of amides is 1. The number of carbonyl (C=O) groups is 1. The first-order valence-corrected chi connectivity index (χ1v) is 8.38. The molecule has 0 N–H and O–H groups in total. The maximum absolute atomic E-state index is 15.4. The fourth-order valence-electron chi connectivity index (χ4n) is 2.99. The molecule has 1 aliphatic rings. The van der Waals surface area contributed by atoms with Gasteiger partial charge in [-0.3, -0.25) is 4.98 Å². The van der Waals surface area contributed by atoms with Crippen LogP contribution in [0, 0.1) is 6.92 Å². The Balaban J connectivity index is 2.07. The molecule has 1 fully saturated rings. The van der Waals surface area contributed by atoms with E-state index in [1.165, 1.54) is 0 Å². The number of halogens is 1. The minimum Gasteiger partial charge on any atom is -0.444 e. The number of aryl methyl sites for hydroxylation is 1. The first-order valence-electron chi connectivity index (χ1n) is 8.38. The Morgan fingerprint density at radius 1 is 1.46 bits per heavy atom. The predicted octanol–water partition coefficient (Wildman–Crippen LogP) is 4.31. The zero-order valence-corrected chi connectivity index (χ0v) is 15.1. The molecule has 1 amide bonds. The van der Waals surface area contributed by atoms with Crippen LogP contribution < -0.4 is 0 Å². The third-order valence-corrected chi connectivity index (χ3v) is 4.15. The van der Waals surface area contributed by atoms with Crippen LogP contribution >= 0.6 is 0 Å². The van der Waals surface area contributed by atoms with Crippen LogP contribution in [0.5, 0.6) is 0 Å². The van der Waals surface area contributed by atoms with Crippen molar-refractivity contribution >= 4 is 6.09 Å². The fourth-order valence-corrected chi connectivity index (χ4v) is 2.99. The topological polar surface area (TPSA) is 42.4 Å². The van der Waals surface area contributed by atoms with E-state index >= 15 is 4.39 Å². The van der Waals surface area contributed by atoms with Crippen molar-refractivity contribution in [3.05, 3.63) is 41.7 Å². The number of hydrogen-bond donors (Lipinski definition) is 0. The van der Waals surface area contributed by atoms with E-state index in [9.17, 15) is 4.79 Å². The smallest absolute Gasteiger partial charge is 0.410 e. The van der Waals surface area contributed by atoms with Gasteiger partial charge in [0.05, 0.1) is 5.69 Å². The van der Waals surface area contributed by atoms with E-state index in [1.807, 2.05) is 33.8 Å². The molecule has 2 heterocycles. The van der Waals surface area contributed by atoms with Crippen LogP contribution in [-0.2, 0) is 16.8 Å². The molecule has 0 aromatic carbocycles. The minimum atomic E-state index is -1.49. The Morgan fingerprint density at radius 3 is 2.58 bits per heavy atom. The summed E-state index contributed by atoms with van der Waals surface area (Å²) >= 11 is 0. The number of likely N-dealkylation sites (tertiary alicyclic amines) is 1. The van der Waals surface area contributed by atoms with E-state index in [0.717, 1.165) is 17.5 Å². The second-order valence-electron chi connectivity index (χ2n) is 7.43. The number of ether oxygens (including phenoxy) is 1. The Morgan fingerprint density at radius 2 is 2.08 bits per heavy atom.